The molecule has 0 unspecified atom stereocenters. The van der Waals surface area contributed by atoms with Gasteiger partial charge >= 0.3 is 0 Å². The third-order valence-corrected chi connectivity index (χ3v) is 4.13. The molecule has 2 aromatic rings. The Labute approximate surface area is 149 Å². The molecule has 0 aromatic heterocycles. The van der Waals surface area contributed by atoms with Crippen LogP contribution in [0.5, 0.6) is 5.75 Å². The highest BCUT2D eigenvalue weighted by Crippen LogP contribution is 2.16. The van der Waals surface area contributed by atoms with Gasteiger partial charge in [0.15, 0.2) is 0 Å². The number of ether oxygens (including phenoxy) is 2. The Bertz CT molecular complexity index is 747. The maximum Gasteiger partial charge on any atom is 0.227 e. The molecule has 1 atom stereocenters. The quantitative estimate of drug-likeness (QED) is 0.818. The zero-order valence-corrected chi connectivity index (χ0v) is 14.0. The van der Waals surface area contributed by atoms with Crippen molar-refractivity contribution in [1.82, 2.24) is 4.90 Å². The Morgan fingerprint density at radius 3 is 2.50 bits per heavy atom. The number of nitrogens with zero attached hydrogens (tertiary/aromatic N) is 1. The fourth-order valence-electron chi connectivity index (χ4n) is 2.73. The van der Waals surface area contributed by atoms with Crippen LogP contribution in [0.2, 0.25) is 0 Å². The highest BCUT2D eigenvalue weighted by molar-refractivity contribution is 5.79. The summed E-state index contributed by atoms with van der Waals surface area (Å²) in [7, 11) is 0. The first-order chi connectivity index (χ1) is 12.5. The van der Waals surface area contributed by atoms with Gasteiger partial charge in [0, 0.05) is 12.1 Å². The molecule has 138 valence electrons. The van der Waals surface area contributed by atoms with Crippen LogP contribution in [0.4, 0.5) is 13.2 Å². The molecule has 1 saturated heterocycles. The van der Waals surface area contributed by atoms with Crippen molar-refractivity contribution in [1.29, 1.82) is 0 Å². The van der Waals surface area contributed by atoms with E-state index >= 15 is 0 Å². The Balaban J connectivity index is 1.55. The van der Waals surface area contributed by atoms with Crippen molar-refractivity contribution >= 4 is 5.91 Å². The molecule has 26 heavy (non-hydrogen) atoms. The van der Waals surface area contributed by atoms with Crippen LogP contribution in [-0.2, 0) is 16.0 Å². The van der Waals surface area contributed by atoms with E-state index in [0.29, 0.717) is 18.9 Å². The minimum absolute atomic E-state index is 0.184. The molecule has 0 spiro atoms. The Hall–Kier alpha value is -2.54. The monoisotopic (exact) mass is 365 g/mol. The summed E-state index contributed by atoms with van der Waals surface area (Å²) in [4.78, 5) is 13.9. The Morgan fingerprint density at radius 2 is 1.81 bits per heavy atom. The van der Waals surface area contributed by atoms with E-state index < -0.39 is 11.6 Å². The van der Waals surface area contributed by atoms with E-state index in [0.717, 1.165) is 12.1 Å². The molecular formula is C19H18F3NO3. The average Bonchev–Trinajstić information content (AvgIpc) is 2.64. The van der Waals surface area contributed by atoms with Crippen molar-refractivity contribution in [3.63, 3.8) is 0 Å². The smallest absolute Gasteiger partial charge is 0.227 e. The van der Waals surface area contributed by atoms with E-state index in [2.05, 4.69) is 0 Å². The minimum Gasteiger partial charge on any atom is -0.491 e. The molecule has 1 heterocycles. The van der Waals surface area contributed by atoms with Crippen LogP contribution in [0.3, 0.4) is 0 Å². The van der Waals surface area contributed by atoms with Gasteiger partial charge in [-0.15, -0.1) is 0 Å². The lowest BCUT2D eigenvalue weighted by Crippen LogP contribution is -2.48. The summed E-state index contributed by atoms with van der Waals surface area (Å²) >= 11 is 0. The van der Waals surface area contributed by atoms with Crippen LogP contribution in [0.25, 0.3) is 0 Å². The molecule has 3 rings (SSSR count). The van der Waals surface area contributed by atoms with Crippen LogP contribution in [-0.4, -0.2) is 43.2 Å². The summed E-state index contributed by atoms with van der Waals surface area (Å²) in [5.74, 6) is -1.70. The van der Waals surface area contributed by atoms with Gasteiger partial charge in [-0.05, 0) is 36.4 Å². The van der Waals surface area contributed by atoms with Crippen molar-refractivity contribution in [3.05, 3.63) is 65.5 Å². The molecule has 0 radical (unpaired) electrons. The topological polar surface area (TPSA) is 38.8 Å². The van der Waals surface area contributed by atoms with Gasteiger partial charge in [-0.25, -0.2) is 13.2 Å². The van der Waals surface area contributed by atoms with Gasteiger partial charge in [0.1, 0.15) is 35.9 Å². The number of halogens is 3. The van der Waals surface area contributed by atoms with E-state index in [1.807, 2.05) is 0 Å². The highest BCUT2D eigenvalue weighted by Gasteiger charge is 2.26. The largest absolute Gasteiger partial charge is 0.491 e. The molecule has 7 heteroatoms. The molecule has 0 aliphatic carbocycles. The summed E-state index contributed by atoms with van der Waals surface area (Å²) in [5, 5.41) is 0. The van der Waals surface area contributed by atoms with Crippen LogP contribution < -0.4 is 4.74 Å². The summed E-state index contributed by atoms with van der Waals surface area (Å²) in [6.07, 6.45) is -0.715. The van der Waals surface area contributed by atoms with Gasteiger partial charge in [0.05, 0.1) is 19.6 Å². The maximum absolute atomic E-state index is 13.7. The average molecular weight is 365 g/mol. The number of benzene rings is 2. The van der Waals surface area contributed by atoms with Crippen molar-refractivity contribution in [2.45, 2.75) is 12.5 Å². The predicted octanol–water partition coefficient (Wildman–Crippen LogP) is 2.95. The van der Waals surface area contributed by atoms with E-state index in [9.17, 15) is 18.0 Å². The number of amides is 1. The Morgan fingerprint density at radius 1 is 1.12 bits per heavy atom. The first kappa shape index (κ1) is 18.3. The number of rotatable bonds is 5. The minimum atomic E-state index is -0.734. The zero-order valence-electron chi connectivity index (χ0n) is 14.0. The van der Waals surface area contributed by atoms with Crippen molar-refractivity contribution in [3.8, 4) is 5.75 Å². The first-order valence-corrected chi connectivity index (χ1v) is 8.23. The van der Waals surface area contributed by atoms with E-state index in [1.54, 1.807) is 0 Å². The maximum atomic E-state index is 13.7. The number of carbonyl (C=O) groups excluding carboxylic acids is 1. The fourth-order valence-corrected chi connectivity index (χ4v) is 2.73. The normalized spacial score (nSPS) is 17.2. The molecule has 4 nitrogen and oxygen atoms in total. The molecule has 1 fully saturated rings. The highest BCUT2D eigenvalue weighted by atomic mass is 19.1. The van der Waals surface area contributed by atoms with Crippen molar-refractivity contribution in [2.24, 2.45) is 0 Å². The summed E-state index contributed by atoms with van der Waals surface area (Å²) in [6, 6.07) is 9.10. The van der Waals surface area contributed by atoms with Crippen LogP contribution in [0.15, 0.2) is 42.5 Å². The third kappa shape index (κ3) is 4.54. The van der Waals surface area contributed by atoms with Gasteiger partial charge < -0.3 is 14.4 Å². The molecule has 1 aliphatic rings. The number of carbonyl (C=O) groups is 1. The molecule has 2 aromatic carbocycles. The van der Waals surface area contributed by atoms with Gasteiger partial charge in [0.25, 0.3) is 0 Å². The Kier molecular flexibility index (Phi) is 5.78. The lowest BCUT2D eigenvalue weighted by atomic mass is 10.1. The first-order valence-electron chi connectivity index (χ1n) is 8.23. The van der Waals surface area contributed by atoms with Crippen molar-refractivity contribution in [2.75, 3.05) is 26.3 Å². The van der Waals surface area contributed by atoms with Gasteiger partial charge in [-0.3, -0.25) is 4.79 Å². The van der Waals surface area contributed by atoms with Crippen molar-refractivity contribution < 1.29 is 27.4 Å². The number of morpholine rings is 1. The molecule has 0 N–H and O–H groups in total. The van der Waals surface area contributed by atoms with Crippen LogP contribution in [0.1, 0.15) is 5.56 Å². The van der Waals surface area contributed by atoms with E-state index in [4.69, 9.17) is 9.47 Å². The number of hydrogen-bond donors (Lipinski definition) is 0. The van der Waals surface area contributed by atoms with Gasteiger partial charge in [-0.1, -0.05) is 6.07 Å². The van der Waals surface area contributed by atoms with E-state index in [-0.39, 0.29) is 43.0 Å². The van der Waals surface area contributed by atoms with Crippen LogP contribution >= 0.6 is 0 Å². The summed E-state index contributed by atoms with van der Waals surface area (Å²) < 4.78 is 51.4. The van der Waals surface area contributed by atoms with Crippen LogP contribution in [0, 0.1) is 17.5 Å². The second-order valence-electron chi connectivity index (χ2n) is 5.97. The molecule has 0 saturated carbocycles. The van der Waals surface area contributed by atoms with Gasteiger partial charge in [0.2, 0.25) is 5.91 Å². The molecule has 1 aliphatic heterocycles. The lowest BCUT2D eigenvalue weighted by molar-refractivity contribution is -0.139. The second-order valence-corrected chi connectivity index (χ2v) is 5.97. The van der Waals surface area contributed by atoms with E-state index in [1.165, 1.54) is 35.2 Å². The number of hydrogen-bond acceptors (Lipinski definition) is 3. The SMILES string of the molecule is O=C(Cc1c(F)cccc1F)N1CCO[C@@H](COc2ccc(F)cc2)C1. The predicted molar refractivity (Wildman–Crippen MR) is 88.3 cm³/mol. The zero-order chi connectivity index (χ0) is 18.5. The second kappa shape index (κ2) is 8.23. The summed E-state index contributed by atoms with van der Waals surface area (Å²) in [5.41, 5.74) is -0.233. The third-order valence-electron chi connectivity index (χ3n) is 4.13. The lowest BCUT2D eigenvalue weighted by Gasteiger charge is -2.33. The molecule has 1 amide bonds. The molecule has 0 bridgehead atoms. The van der Waals surface area contributed by atoms with Gasteiger partial charge in [-0.2, -0.15) is 0 Å². The fraction of sp³-hybridized carbons (Fsp3) is 0.316. The standard InChI is InChI=1S/C19H18F3NO3/c20-13-4-6-14(7-5-13)26-12-15-11-23(8-9-25-15)19(24)10-16-17(21)2-1-3-18(16)22/h1-7,15H,8-12H2/t15-/m1/s1. The summed E-state index contributed by atoms with van der Waals surface area (Å²) in [6.45, 7) is 1.10. The molecular weight excluding hydrogens is 347 g/mol.